The SMILES string of the molecule is CC.CCO[C@H](CO)[C@H]1CN(C(=O)CC)C[C@@H]1c1ccccc1. The molecule has 1 saturated heterocycles. The Morgan fingerprint density at radius 1 is 1.26 bits per heavy atom. The van der Waals surface area contributed by atoms with Crippen LogP contribution in [0.2, 0.25) is 0 Å². The normalized spacial score (nSPS) is 21.5. The van der Waals surface area contributed by atoms with Gasteiger partial charge in [-0.05, 0) is 12.5 Å². The second kappa shape index (κ2) is 10.4. The van der Waals surface area contributed by atoms with Crippen molar-refractivity contribution in [2.45, 2.75) is 46.1 Å². The number of nitrogens with zero attached hydrogens (tertiary/aromatic N) is 1. The predicted molar refractivity (Wildman–Crippen MR) is 93.4 cm³/mol. The summed E-state index contributed by atoms with van der Waals surface area (Å²) in [6.45, 7) is 9.77. The number of carbonyl (C=O) groups is 1. The average molecular weight is 321 g/mol. The molecule has 1 aromatic rings. The van der Waals surface area contributed by atoms with Crippen molar-refractivity contribution in [2.75, 3.05) is 26.3 Å². The van der Waals surface area contributed by atoms with Crippen molar-refractivity contribution in [1.82, 2.24) is 4.90 Å². The number of carbonyl (C=O) groups excluding carboxylic acids is 1. The molecule has 1 N–H and O–H groups in total. The molecule has 1 fully saturated rings. The summed E-state index contributed by atoms with van der Waals surface area (Å²) in [5.41, 5.74) is 1.21. The first-order valence-electron chi connectivity index (χ1n) is 8.76. The van der Waals surface area contributed by atoms with Gasteiger partial charge in [0.25, 0.3) is 0 Å². The zero-order valence-corrected chi connectivity index (χ0v) is 14.9. The Morgan fingerprint density at radius 3 is 2.43 bits per heavy atom. The summed E-state index contributed by atoms with van der Waals surface area (Å²) in [5, 5.41) is 9.64. The second-order valence-electron chi connectivity index (χ2n) is 5.51. The van der Waals surface area contributed by atoms with Gasteiger partial charge >= 0.3 is 0 Å². The molecule has 3 atom stereocenters. The van der Waals surface area contributed by atoms with E-state index >= 15 is 0 Å². The lowest BCUT2D eigenvalue weighted by Gasteiger charge is -2.26. The van der Waals surface area contributed by atoms with Gasteiger partial charge in [0.05, 0.1) is 12.7 Å². The van der Waals surface area contributed by atoms with Gasteiger partial charge in [-0.2, -0.15) is 0 Å². The minimum atomic E-state index is -0.213. The molecule has 0 radical (unpaired) electrons. The van der Waals surface area contributed by atoms with Gasteiger partial charge in [0.15, 0.2) is 0 Å². The van der Waals surface area contributed by atoms with Crippen LogP contribution in [-0.2, 0) is 9.53 Å². The zero-order valence-electron chi connectivity index (χ0n) is 14.9. The van der Waals surface area contributed by atoms with Crippen LogP contribution in [0.1, 0.15) is 45.6 Å². The molecular formula is C19H31NO3. The summed E-state index contributed by atoms with van der Waals surface area (Å²) in [6.07, 6.45) is 0.307. The monoisotopic (exact) mass is 321 g/mol. The molecule has 0 spiro atoms. The van der Waals surface area contributed by atoms with Gasteiger partial charge in [0.1, 0.15) is 0 Å². The summed E-state index contributed by atoms with van der Waals surface area (Å²) in [7, 11) is 0. The number of hydrogen-bond donors (Lipinski definition) is 1. The molecule has 1 aliphatic rings. The fourth-order valence-electron chi connectivity index (χ4n) is 3.21. The van der Waals surface area contributed by atoms with Crippen LogP contribution in [0, 0.1) is 5.92 Å². The summed E-state index contributed by atoms with van der Waals surface area (Å²) < 4.78 is 5.70. The van der Waals surface area contributed by atoms with Gasteiger partial charge in [0.2, 0.25) is 5.91 Å². The fourth-order valence-corrected chi connectivity index (χ4v) is 3.21. The third-order valence-corrected chi connectivity index (χ3v) is 4.29. The molecule has 1 aromatic carbocycles. The van der Waals surface area contributed by atoms with Crippen LogP contribution in [-0.4, -0.2) is 48.3 Å². The third-order valence-electron chi connectivity index (χ3n) is 4.29. The van der Waals surface area contributed by atoms with E-state index in [1.165, 1.54) is 5.56 Å². The van der Waals surface area contributed by atoms with Crippen LogP contribution in [0.3, 0.4) is 0 Å². The minimum Gasteiger partial charge on any atom is -0.394 e. The summed E-state index contributed by atoms with van der Waals surface area (Å²) in [4.78, 5) is 13.9. The van der Waals surface area contributed by atoms with Gasteiger partial charge in [-0.25, -0.2) is 0 Å². The molecule has 130 valence electrons. The molecule has 0 saturated carbocycles. The molecular weight excluding hydrogens is 290 g/mol. The van der Waals surface area contributed by atoms with E-state index in [0.29, 0.717) is 26.1 Å². The highest BCUT2D eigenvalue weighted by molar-refractivity contribution is 5.76. The van der Waals surface area contributed by atoms with E-state index in [4.69, 9.17) is 4.74 Å². The standard InChI is InChI=1S/C17H25NO3.C2H6/c1-3-17(20)18-10-14(13-8-6-5-7-9-13)15(11-18)16(12-19)21-4-2;1-2/h5-9,14-16,19H,3-4,10-12H2,1-2H3;1-2H3/t14-,15+,16-;/m1./s1. The Balaban J connectivity index is 0.00000127. The molecule has 4 heteroatoms. The summed E-state index contributed by atoms with van der Waals surface area (Å²) >= 11 is 0. The van der Waals surface area contributed by atoms with Crippen molar-refractivity contribution >= 4 is 5.91 Å². The highest BCUT2D eigenvalue weighted by Gasteiger charge is 2.40. The minimum absolute atomic E-state index is 0.00397. The molecule has 0 unspecified atom stereocenters. The number of amides is 1. The van der Waals surface area contributed by atoms with E-state index < -0.39 is 0 Å². The van der Waals surface area contributed by atoms with Gasteiger partial charge in [-0.3, -0.25) is 4.79 Å². The van der Waals surface area contributed by atoms with Crippen LogP contribution >= 0.6 is 0 Å². The third kappa shape index (κ3) is 5.05. The Bertz CT molecular complexity index is 449. The first-order chi connectivity index (χ1) is 11.2. The largest absolute Gasteiger partial charge is 0.394 e. The number of benzene rings is 1. The van der Waals surface area contributed by atoms with Crippen LogP contribution in [0.25, 0.3) is 0 Å². The van der Waals surface area contributed by atoms with Crippen molar-refractivity contribution < 1.29 is 14.6 Å². The fraction of sp³-hybridized carbons (Fsp3) is 0.632. The number of hydrogen-bond acceptors (Lipinski definition) is 3. The maximum absolute atomic E-state index is 12.0. The topological polar surface area (TPSA) is 49.8 Å². The number of likely N-dealkylation sites (tertiary alicyclic amines) is 1. The maximum atomic E-state index is 12.0. The summed E-state index contributed by atoms with van der Waals surface area (Å²) in [6, 6.07) is 10.2. The van der Waals surface area contributed by atoms with Crippen molar-refractivity contribution in [3.05, 3.63) is 35.9 Å². The average Bonchev–Trinajstić information content (AvgIpc) is 3.06. The molecule has 0 aliphatic carbocycles. The van der Waals surface area contributed by atoms with Crippen molar-refractivity contribution in [3.8, 4) is 0 Å². The zero-order chi connectivity index (χ0) is 17.2. The first kappa shape index (κ1) is 19.7. The lowest BCUT2D eigenvalue weighted by atomic mass is 9.85. The van der Waals surface area contributed by atoms with Gasteiger partial charge in [-0.1, -0.05) is 51.1 Å². The van der Waals surface area contributed by atoms with E-state index in [9.17, 15) is 9.90 Å². The van der Waals surface area contributed by atoms with E-state index in [2.05, 4.69) is 12.1 Å². The van der Waals surface area contributed by atoms with Crippen molar-refractivity contribution in [1.29, 1.82) is 0 Å². The van der Waals surface area contributed by atoms with E-state index in [1.807, 2.05) is 50.8 Å². The number of aliphatic hydroxyl groups is 1. The Morgan fingerprint density at radius 2 is 1.91 bits per heavy atom. The Kier molecular flexibility index (Phi) is 8.89. The van der Waals surface area contributed by atoms with Crippen LogP contribution < -0.4 is 0 Å². The molecule has 23 heavy (non-hydrogen) atoms. The lowest BCUT2D eigenvalue weighted by Crippen LogP contribution is -2.34. The molecule has 1 aliphatic heterocycles. The predicted octanol–water partition coefficient (Wildman–Crippen LogP) is 3.06. The molecule has 1 heterocycles. The van der Waals surface area contributed by atoms with E-state index in [1.54, 1.807) is 0 Å². The van der Waals surface area contributed by atoms with Crippen LogP contribution in [0.4, 0.5) is 0 Å². The second-order valence-corrected chi connectivity index (χ2v) is 5.51. The van der Waals surface area contributed by atoms with Crippen LogP contribution in [0.15, 0.2) is 30.3 Å². The van der Waals surface area contributed by atoms with Gasteiger partial charge in [-0.15, -0.1) is 0 Å². The molecule has 2 rings (SSSR count). The quantitative estimate of drug-likeness (QED) is 0.876. The Hall–Kier alpha value is -1.39. The smallest absolute Gasteiger partial charge is 0.222 e. The van der Waals surface area contributed by atoms with Crippen molar-refractivity contribution in [2.24, 2.45) is 5.92 Å². The van der Waals surface area contributed by atoms with Crippen LogP contribution in [0.5, 0.6) is 0 Å². The first-order valence-corrected chi connectivity index (χ1v) is 8.76. The van der Waals surface area contributed by atoms with Gasteiger partial charge in [0, 0.05) is 38.0 Å². The van der Waals surface area contributed by atoms with E-state index in [-0.39, 0.29) is 30.5 Å². The highest BCUT2D eigenvalue weighted by Crippen LogP contribution is 2.36. The maximum Gasteiger partial charge on any atom is 0.222 e. The van der Waals surface area contributed by atoms with E-state index in [0.717, 1.165) is 0 Å². The molecule has 4 nitrogen and oxygen atoms in total. The van der Waals surface area contributed by atoms with Crippen molar-refractivity contribution in [3.63, 3.8) is 0 Å². The number of ether oxygens (including phenoxy) is 1. The molecule has 1 amide bonds. The highest BCUT2D eigenvalue weighted by atomic mass is 16.5. The number of rotatable bonds is 6. The number of aliphatic hydroxyl groups excluding tert-OH is 1. The summed E-state index contributed by atoms with van der Waals surface area (Å²) in [5.74, 6) is 0.546. The Labute approximate surface area is 140 Å². The molecule has 0 aromatic heterocycles. The van der Waals surface area contributed by atoms with Gasteiger partial charge < -0.3 is 14.7 Å². The lowest BCUT2D eigenvalue weighted by molar-refractivity contribution is -0.130. The molecule has 0 bridgehead atoms.